The van der Waals surface area contributed by atoms with Crippen LogP contribution in [0, 0.1) is 0 Å². The summed E-state index contributed by atoms with van der Waals surface area (Å²) < 4.78 is 5.82. The highest BCUT2D eigenvalue weighted by Crippen LogP contribution is 2.28. The molecule has 0 aliphatic carbocycles. The van der Waals surface area contributed by atoms with Gasteiger partial charge in [0.1, 0.15) is 17.7 Å². The van der Waals surface area contributed by atoms with E-state index >= 15 is 0 Å². The van der Waals surface area contributed by atoms with Crippen molar-refractivity contribution in [2.75, 3.05) is 0 Å². The van der Waals surface area contributed by atoms with Gasteiger partial charge in [0.2, 0.25) is 5.88 Å². The van der Waals surface area contributed by atoms with Crippen molar-refractivity contribution in [1.82, 2.24) is 15.0 Å². The molecular formula is C14H12ClN3O. The molecule has 0 saturated heterocycles. The number of nitrogens with one attached hydrogen (secondary N) is 1. The Bertz CT molecular complexity index is 724. The third-order valence-corrected chi connectivity index (χ3v) is 3.30. The number of aromatic nitrogens is 3. The van der Waals surface area contributed by atoms with Gasteiger partial charge in [0.15, 0.2) is 0 Å². The van der Waals surface area contributed by atoms with E-state index in [1.54, 1.807) is 0 Å². The molecule has 5 heteroatoms. The van der Waals surface area contributed by atoms with E-state index < -0.39 is 0 Å². The van der Waals surface area contributed by atoms with E-state index in [0.29, 0.717) is 5.88 Å². The summed E-state index contributed by atoms with van der Waals surface area (Å²) in [5, 5.41) is 1.61. The number of benzene rings is 1. The quantitative estimate of drug-likeness (QED) is 0.786. The molecule has 0 spiro atoms. The predicted octanol–water partition coefficient (Wildman–Crippen LogP) is 3.97. The van der Waals surface area contributed by atoms with E-state index in [0.717, 1.165) is 33.8 Å². The van der Waals surface area contributed by atoms with Crippen LogP contribution in [-0.2, 0) is 6.42 Å². The maximum atomic E-state index is 6.09. The minimum atomic E-state index is 0.538. The number of hydrogen-bond acceptors (Lipinski definition) is 3. The predicted molar refractivity (Wildman–Crippen MR) is 74.8 cm³/mol. The Morgan fingerprint density at radius 3 is 3.00 bits per heavy atom. The minimum Gasteiger partial charge on any atom is -0.438 e. The molecule has 3 aromatic rings. The lowest BCUT2D eigenvalue weighted by molar-refractivity contribution is 0.467. The smallest absolute Gasteiger partial charge is 0.231 e. The average Bonchev–Trinajstić information content (AvgIpc) is 2.90. The lowest BCUT2D eigenvalue weighted by Crippen LogP contribution is -1.91. The molecule has 0 aliphatic rings. The van der Waals surface area contributed by atoms with Crippen LogP contribution < -0.4 is 4.74 Å². The normalized spacial score (nSPS) is 10.8. The summed E-state index contributed by atoms with van der Waals surface area (Å²) in [6, 6.07) is 7.50. The number of fused-ring (bicyclic) bond motifs is 1. The van der Waals surface area contributed by atoms with Gasteiger partial charge in [-0.15, -0.1) is 0 Å². The molecule has 1 N–H and O–H groups in total. The molecule has 0 amide bonds. The number of ether oxygens (including phenoxy) is 1. The Labute approximate surface area is 115 Å². The second-order valence-corrected chi connectivity index (χ2v) is 4.53. The van der Waals surface area contributed by atoms with Crippen molar-refractivity contribution in [2.24, 2.45) is 0 Å². The van der Waals surface area contributed by atoms with Crippen LogP contribution in [0.3, 0.4) is 0 Å². The van der Waals surface area contributed by atoms with Gasteiger partial charge in [-0.25, -0.2) is 9.97 Å². The van der Waals surface area contributed by atoms with Crippen molar-refractivity contribution >= 4 is 22.6 Å². The molecule has 0 radical (unpaired) electrons. The Balaban J connectivity index is 1.99. The fourth-order valence-corrected chi connectivity index (χ4v) is 2.18. The van der Waals surface area contributed by atoms with E-state index in [1.165, 1.54) is 6.33 Å². The summed E-state index contributed by atoms with van der Waals surface area (Å²) in [6.07, 6.45) is 4.15. The fraction of sp³-hybridized carbons (Fsp3) is 0.143. The summed E-state index contributed by atoms with van der Waals surface area (Å²) in [4.78, 5) is 11.3. The van der Waals surface area contributed by atoms with Gasteiger partial charge in [-0.1, -0.05) is 18.5 Å². The highest BCUT2D eigenvalue weighted by Gasteiger charge is 2.08. The molecule has 2 aromatic heterocycles. The Kier molecular flexibility index (Phi) is 3.09. The first kappa shape index (κ1) is 12.0. The van der Waals surface area contributed by atoms with Gasteiger partial charge < -0.3 is 9.72 Å². The van der Waals surface area contributed by atoms with Crippen LogP contribution in [0.2, 0.25) is 5.02 Å². The van der Waals surface area contributed by atoms with Gasteiger partial charge >= 0.3 is 0 Å². The maximum absolute atomic E-state index is 6.09. The zero-order valence-corrected chi connectivity index (χ0v) is 11.1. The van der Waals surface area contributed by atoms with Crippen LogP contribution in [0.5, 0.6) is 11.6 Å². The lowest BCUT2D eigenvalue weighted by Gasteiger charge is -2.08. The van der Waals surface area contributed by atoms with E-state index in [1.807, 2.05) is 30.5 Å². The van der Waals surface area contributed by atoms with Crippen LogP contribution in [0.4, 0.5) is 0 Å². The molecule has 2 heterocycles. The highest BCUT2D eigenvalue weighted by molar-refractivity contribution is 6.31. The molecule has 0 unspecified atom stereocenters. The van der Waals surface area contributed by atoms with E-state index in [-0.39, 0.29) is 0 Å². The van der Waals surface area contributed by atoms with Crippen molar-refractivity contribution in [3.63, 3.8) is 0 Å². The van der Waals surface area contributed by atoms with Crippen LogP contribution >= 0.6 is 11.6 Å². The number of H-pyrrole nitrogens is 1. The van der Waals surface area contributed by atoms with Crippen molar-refractivity contribution in [3.8, 4) is 11.6 Å². The monoisotopic (exact) mass is 273 g/mol. The van der Waals surface area contributed by atoms with Gasteiger partial charge in [-0.05, 0) is 36.2 Å². The summed E-state index contributed by atoms with van der Waals surface area (Å²) >= 11 is 6.09. The van der Waals surface area contributed by atoms with Gasteiger partial charge in [-0.3, -0.25) is 0 Å². The number of rotatable bonds is 3. The first-order valence-electron chi connectivity index (χ1n) is 6.02. The third kappa shape index (κ3) is 2.27. The van der Waals surface area contributed by atoms with Crippen molar-refractivity contribution in [1.29, 1.82) is 0 Å². The topological polar surface area (TPSA) is 50.8 Å². The van der Waals surface area contributed by atoms with E-state index in [4.69, 9.17) is 16.3 Å². The number of hydrogen-bond donors (Lipinski definition) is 1. The Morgan fingerprint density at radius 2 is 2.16 bits per heavy atom. The van der Waals surface area contributed by atoms with Gasteiger partial charge in [0, 0.05) is 11.2 Å². The summed E-state index contributed by atoms with van der Waals surface area (Å²) in [7, 11) is 0. The Morgan fingerprint density at radius 1 is 1.26 bits per heavy atom. The zero-order chi connectivity index (χ0) is 13.2. The van der Waals surface area contributed by atoms with Gasteiger partial charge in [0.25, 0.3) is 0 Å². The molecule has 0 aliphatic heterocycles. The van der Waals surface area contributed by atoms with Crippen LogP contribution in [-0.4, -0.2) is 15.0 Å². The van der Waals surface area contributed by atoms with E-state index in [9.17, 15) is 0 Å². The second-order valence-electron chi connectivity index (χ2n) is 4.13. The Hall–Kier alpha value is -2.07. The number of nitrogens with zero attached hydrogens (tertiary/aromatic N) is 2. The summed E-state index contributed by atoms with van der Waals surface area (Å²) in [5.41, 5.74) is 1.81. The molecule has 3 rings (SSSR count). The maximum Gasteiger partial charge on any atom is 0.231 e. The SMILES string of the molecule is CCc1cc(Oc2ncnc3[nH]ccc23)ccc1Cl. The average molecular weight is 274 g/mol. The number of halogens is 1. The van der Waals surface area contributed by atoms with Crippen molar-refractivity contribution in [2.45, 2.75) is 13.3 Å². The molecule has 0 atom stereocenters. The molecule has 19 heavy (non-hydrogen) atoms. The van der Waals surface area contributed by atoms with Crippen LogP contribution in [0.25, 0.3) is 11.0 Å². The molecule has 0 saturated carbocycles. The third-order valence-electron chi connectivity index (χ3n) is 2.93. The van der Waals surface area contributed by atoms with E-state index in [2.05, 4.69) is 21.9 Å². The molecule has 96 valence electrons. The molecule has 1 aromatic carbocycles. The first-order valence-corrected chi connectivity index (χ1v) is 6.40. The highest BCUT2D eigenvalue weighted by atomic mass is 35.5. The minimum absolute atomic E-state index is 0.538. The summed E-state index contributed by atoms with van der Waals surface area (Å²) in [6.45, 7) is 2.06. The first-order chi connectivity index (χ1) is 9.28. The van der Waals surface area contributed by atoms with Crippen LogP contribution in [0.15, 0.2) is 36.8 Å². The second kappa shape index (κ2) is 4.90. The number of aromatic amines is 1. The van der Waals surface area contributed by atoms with Gasteiger partial charge in [-0.2, -0.15) is 0 Å². The zero-order valence-electron chi connectivity index (χ0n) is 10.4. The summed E-state index contributed by atoms with van der Waals surface area (Å²) in [5.74, 6) is 1.26. The van der Waals surface area contributed by atoms with Crippen molar-refractivity contribution < 1.29 is 4.74 Å². The van der Waals surface area contributed by atoms with Crippen LogP contribution in [0.1, 0.15) is 12.5 Å². The fourth-order valence-electron chi connectivity index (χ4n) is 1.93. The largest absolute Gasteiger partial charge is 0.438 e. The molecule has 0 bridgehead atoms. The van der Waals surface area contributed by atoms with Gasteiger partial charge in [0.05, 0.1) is 5.39 Å². The van der Waals surface area contributed by atoms with Crippen molar-refractivity contribution in [3.05, 3.63) is 47.4 Å². The molecule has 4 nitrogen and oxygen atoms in total. The lowest BCUT2D eigenvalue weighted by atomic mass is 10.1. The molecule has 0 fully saturated rings. The standard InChI is InChI=1S/C14H12ClN3O/c1-2-9-7-10(3-4-12(9)15)19-14-11-5-6-16-13(11)17-8-18-14/h3-8H,2H2,1H3,(H,16,17,18). The molecular weight excluding hydrogens is 262 g/mol. The number of aryl methyl sites for hydroxylation is 1.